The molecule has 2 nitrogen and oxygen atoms in total. The molecule has 1 rings (SSSR count). The maximum atomic E-state index is 6.72. The second-order valence-electron chi connectivity index (χ2n) is 1.96. The molecule has 0 aliphatic heterocycles. The van der Waals surface area contributed by atoms with E-state index in [1.807, 2.05) is 0 Å². The Hall–Kier alpha value is -1.20. The molecule has 0 saturated heterocycles. The summed E-state index contributed by atoms with van der Waals surface area (Å²) in [5.74, 6) is 0.614. The van der Waals surface area contributed by atoms with Crippen LogP contribution in [0.15, 0.2) is 18.2 Å². The van der Waals surface area contributed by atoms with Gasteiger partial charge in [0.2, 0.25) is 0 Å². The highest BCUT2D eigenvalue weighted by Crippen LogP contribution is 2.25. The van der Waals surface area contributed by atoms with E-state index in [1.165, 1.54) is 0 Å². The third-order valence-corrected chi connectivity index (χ3v) is 1.44. The number of benzene rings is 1. The summed E-state index contributed by atoms with van der Waals surface area (Å²) < 4.78 is 4.91. The van der Waals surface area contributed by atoms with Crippen LogP contribution in [0.3, 0.4) is 0 Å². The van der Waals surface area contributed by atoms with Crippen molar-refractivity contribution in [2.45, 2.75) is 0 Å². The van der Waals surface area contributed by atoms with E-state index in [9.17, 15) is 0 Å². The Morgan fingerprint density at radius 3 is 2.73 bits per heavy atom. The Balaban J connectivity index is 3.15. The lowest BCUT2D eigenvalue weighted by Crippen LogP contribution is -1.80. The molecule has 0 aliphatic rings. The highest BCUT2D eigenvalue weighted by atomic mass is 35.5. The van der Waals surface area contributed by atoms with Crippen LogP contribution in [0, 0.1) is 6.57 Å². The van der Waals surface area contributed by atoms with Crippen molar-refractivity contribution in [3.05, 3.63) is 34.6 Å². The van der Waals surface area contributed by atoms with E-state index in [0.717, 1.165) is 0 Å². The summed E-state index contributed by atoms with van der Waals surface area (Å²) in [6.07, 6.45) is 0. The van der Waals surface area contributed by atoms with Crippen LogP contribution in [0.2, 0.25) is 5.02 Å². The van der Waals surface area contributed by atoms with Gasteiger partial charge in [0.1, 0.15) is 5.75 Å². The highest BCUT2D eigenvalue weighted by molar-refractivity contribution is 6.31. The molecule has 0 unspecified atom stereocenters. The first kappa shape index (κ1) is 7.90. The molecule has 11 heavy (non-hydrogen) atoms. The number of halogens is 1. The molecule has 0 bridgehead atoms. The van der Waals surface area contributed by atoms with Crippen molar-refractivity contribution in [3.63, 3.8) is 0 Å². The van der Waals surface area contributed by atoms with E-state index in [4.69, 9.17) is 22.9 Å². The summed E-state index contributed by atoms with van der Waals surface area (Å²) in [5, 5.41) is 0.523. The fourth-order valence-electron chi connectivity index (χ4n) is 0.730. The molecule has 0 radical (unpaired) electrons. The average molecular weight is 168 g/mol. The van der Waals surface area contributed by atoms with E-state index >= 15 is 0 Å². The summed E-state index contributed by atoms with van der Waals surface area (Å²) >= 11 is 5.68. The Bertz CT molecular complexity index is 303. The van der Waals surface area contributed by atoms with Crippen molar-refractivity contribution < 1.29 is 4.74 Å². The van der Waals surface area contributed by atoms with Crippen molar-refractivity contribution >= 4 is 17.3 Å². The van der Waals surface area contributed by atoms with Gasteiger partial charge in [-0.15, -0.1) is 0 Å². The summed E-state index contributed by atoms with van der Waals surface area (Å²) in [7, 11) is 1.54. The minimum absolute atomic E-state index is 0.495. The Morgan fingerprint density at radius 1 is 1.45 bits per heavy atom. The lowest BCUT2D eigenvalue weighted by molar-refractivity contribution is 0.415. The Labute approximate surface area is 70.2 Å². The topological polar surface area (TPSA) is 13.6 Å². The number of methoxy groups -OCH3 is 1. The smallest absolute Gasteiger partial charge is 0.192 e. The van der Waals surface area contributed by atoms with Crippen molar-refractivity contribution in [1.82, 2.24) is 0 Å². The number of hydrogen-bond donors (Lipinski definition) is 0. The monoisotopic (exact) mass is 167 g/mol. The fraction of sp³-hybridized carbons (Fsp3) is 0.125. The van der Waals surface area contributed by atoms with Crippen LogP contribution in [0.4, 0.5) is 5.69 Å². The largest absolute Gasteiger partial charge is 0.498 e. The van der Waals surface area contributed by atoms with E-state index in [2.05, 4.69) is 4.85 Å². The van der Waals surface area contributed by atoms with E-state index < -0.39 is 0 Å². The van der Waals surface area contributed by atoms with Gasteiger partial charge in [0.05, 0.1) is 13.7 Å². The molecule has 0 aliphatic carbocycles. The van der Waals surface area contributed by atoms with Gasteiger partial charge in [-0.1, -0.05) is 11.6 Å². The Morgan fingerprint density at radius 2 is 2.18 bits per heavy atom. The van der Waals surface area contributed by atoms with E-state index in [0.29, 0.717) is 16.5 Å². The van der Waals surface area contributed by atoms with Gasteiger partial charge in [-0.2, -0.15) is 0 Å². The maximum Gasteiger partial charge on any atom is 0.192 e. The normalized spacial score (nSPS) is 8.82. The minimum Gasteiger partial charge on any atom is -0.498 e. The van der Waals surface area contributed by atoms with Gasteiger partial charge in [0, 0.05) is 5.02 Å². The summed E-state index contributed by atoms with van der Waals surface area (Å²) in [6, 6.07) is 4.90. The Kier molecular flexibility index (Phi) is 2.35. The van der Waals surface area contributed by atoms with Crippen LogP contribution in [-0.4, -0.2) is 7.11 Å². The second kappa shape index (κ2) is 3.27. The number of ether oxygens (including phenoxy) is 1. The van der Waals surface area contributed by atoms with Crippen molar-refractivity contribution in [2.75, 3.05) is 7.11 Å². The van der Waals surface area contributed by atoms with Gasteiger partial charge in [-0.25, -0.2) is 4.85 Å². The molecule has 0 aromatic heterocycles. The first-order chi connectivity index (χ1) is 5.26. The van der Waals surface area contributed by atoms with Gasteiger partial charge >= 0.3 is 0 Å². The van der Waals surface area contributed by atoms with Gasteiger partial charge in [-0.05, 0) is 18.2 Å². The number of nitrogens with zero attached hydrogens (tertiary/aromatic N) is 1. The molecular formula is C8H6ClNO. The predicted octanol–water partition coefficient (Wildman–Crippen LogP) is 2.90. The van der Waals surface area contributed by atoms with Gasteiger partial charge in [0.25, 0.3) is 0 Å². The molecule has 1 aromatic rings. The fourth-order valence-corrected chi connectivity index (χ4v) is 0.950. The molecule has 0 N–H and O–H groups in total. The third-order valence-electron chi connectivity index (χ3n) is 1.22. The SMILES string of the molecule is [C-]#[N+]c1cc(Cl)cc(OC)c1. The first-order valence-electron chi connectivity index (χ1n) is 2.98. The molecular weight excluding hydrogens is 162 g/mol. The number of hydrogen-bond acceptors (Lipinski definition) is 1. The van der Waals surface area contributed by atoms with Gasteiger partial charge in [0.15, 0.2) is 5.69 Å². The highest BCUT2D eigenvalue weighted by Gasteiger charge is 1.97. The van der Waals surface area contributed by atoms with E-state index in [-0.39, 0.29) is 0 Å². The predicted molar refractivity (Wildman–Crippen MR) is 44.3 cm³/mol. The van der Waals surface area contributed by atoms with Crippen molar-refractivity contribution in [2.24, 2.45) is 0 Å². The molecule has 3 heteroatoms. The lowest BCUT2D eigenvalue weighted by atomic mass is 10.3. The van der Waals surface area contributed by atoms with Crippen LogP contribution in [0.5, 0.6) is 5.75 Å². The third kappa shape index (κ3) is 1.86. The zero-order chi connectivity index (χ0) is 8.27. The van der Waals surface area contributed by atoms with Crippen LogP contribution in [-0.2, 0) is 0 Å². The quantitative estimate of drug-likeness (QED) is 0.587. The zero-order valence-corrected chi connectivity index (χ0v) is 6.72. The minimum atomic E-state index is 0.495. The van der Waals surface area contributed by atoms with Crippen LogP contribution in [0.1, 0.15) is 0 Å². The van der Waals surface area contributed by atoms with Crippen molar-refractivity contribution in [1.29, 1.82) is 0 Å². The molecule has 0 spiro atoms. The molecule has 0 saturated carbocycles. The molecule has 0 atom stereocenters. The molecule has 1 aromatic carbocycles. The molecule has 0 heterocycles. The van der Waals surface area contributed by atoms with Gasteiger partial charge in [-0.3, -0.25) is 0 Å². The molecule has 0 fully saturated rings. The maximum absolute atomic E-state index is 6.72. The molecule has 56 valence electrons. The first-order valence-corrected chi connectivity index (χ1v) is 3.36. The zero-order valence-electron chi connectivity index (χ0n) is 5.97. The summed E-state index contributed by atoms with van der Waals surface area (Å²) in [6.45, 7) is 6.72. The summed E-state index contributed by atoms with van der Waals surface area (Å²) in [5.41, 5.74) is 0.495. The standard InChI is InChI=1S/C8H6ClNO/c1-10-7-3-6(9)4-8(5-7)11-2/h3-5H,2H3. The second-order valence-corrected chi connectivity index (χ2v) is 2.40. The summed E-state index contributed by atoms with van der Waals surface area (Å²) in [4.78, 5) is 3.23. The van der Waals surface area contributed by atoms with E-state index in [1.54, 1.807) is 25.3 Å². The van der Waals surface area contributed by atoms with Crippen LogP contribution >= 0.6 is 11.6 Å². The molecule has 0 amide bonds. The van der Waals surface area contributed by atoms with Gasteiger partial charge < -0.3 is 4.74 Å². The van der Waals surface area contributed by atoms with Crippen LogP contribution < -0.4 is 4.74 Å². The average Bonchev–Trinajstić information content (AvgIpc) is 2.03. The van der Waals surface area contributed by atoms with Crippen molar-refractivity contribution in [3.8, 4) is 5.75 Å². The number of rotatable bonds is 1. The van der Waals surface area contributed by atoms with Crippen LogP contribution in [0.25, 0.3) is 4.85 Å². The lowest BCUT2D eigenvalue weighted by Gasteiger charge is -1.99.